The first kappa shape index (κ1) is 21.8. The molecule has 164 valence electrons. The summed E-state index contributed by atoms with van der Waals surface area (Å²) in [6.45, 7) is 3.63. The largest absolute Gasteiger partial charge is 0.455 e. The zero-order chi connectivity index (χ0) is 22.8. The molecule has 1 heterocycles. The zero-order valence-corrected chi connectivity index (χ0v) is 18.3. The Hall–Kier alpha value is -3.45. The average molecular weight is 454 g/mol. The Labute approximate surface area is 189 Å². The molecule has 1 aliphatic rings. The van der Waals surface area contributed by atoms with Gasteiger partial charge in [-0.25, -0.2) is 9.82 Å². The second kappa shape index (κ2) is 8.96. The summed E-state index contributed by atoms with van der Waals surface area (Å²) in [5.41, 5.74) is 5.75. The molecule has 0 atom stereocenters. The Morgan fingerprint density at radius 3 is 2.62 bits per heavy atom. The number of nitrogens with zero attached hydrogens (tertiary/aromatic N) is 1. The summed E-state index contributed by atoms with van der Waals surface area (Å²) in [5.74, 6) is -0.799. The Morgan fingerprint density at radius 1 is 1.09 bits per heavy atom. The van der Waals surface area contributed by atoms with Gasteiger partial charge in [0.15, 0.2) is 5.76 Å². The molecule has 32 heavy (non-hydrogen) atoms. The molecule has 6 nitrogen and oxygen atoms in total. The van der Waals surface area contributed by atoms with Crippen molar-refractivity contribution in [2.45, 2.75) is 33.1 Å². The fourth-order valence-electron chi connectivity index (χ4n) is 3.77. The van der Waals surface area contributed by atoms with Crippen LogP contribution in [-0.2, 0) is 6.42 Å². The Morgan fingerprint density at radius 2 is 1.88 bits per heavy atom. The lowest BCUT2D eigenvalue weighted by Gasteiger charge is -2.13. The lowest BCUT2D eigenvalue weighted by Crippen LogP contribution is -2.23. The van der Waals surface area contributed by atoms with Gasteiger partial charge in [-0.05, 0) is 62.6 Å². The number of aryl methyl sites for hydroxylation is 2. The minimum atomic E-state index is -0.639. The first-order chi connectivity index (χ1) is 15.3. The van der Waals surface area contributed by atoms with Crippen molar-refractivity contribution in [3.8, 4) is 0 Å². The van der Waals surface area contributed by atoms with Crippen molar-refractivity contribution in [3.63, 3.8) is 0 Å². The van der Waals surface area contributed by atoms with Crippen LogP contribution in [0.2, 0.25) is 5.02 Å². The molecule has 0 fully saturated rings. The number of hydrogen-bond acceptors (Lipinski definition) is 4. The van der Waals surface area contributed by atoms with Gasteiger partial charge in [-0.3, -0.25) is 9.59 Å². The van der Waals surface area contributed by atoms with Gasteiger partial charge >= 0.3 is 0 Å². The molecule has 4 rings (SSSR count). The van der Waals surface area contributed by atoms with E-state index in [0.717, 1.165) is 12.0 Å². The molecule has 2 N–H and O–H groups in total. The molecule has 0 radical (unpaired) electrons. The number of hydrazone groups is 1. The third-order valence-corrected chi connectivity index (χ3v) is 5.61. The molecule has 0 unspecified atom stereocenters. The van der Waals surface area contributed by atoms with E-state index >= 15 is 0 Å². The zero-order valence-electron chi connectivity index (χ0n) is 17.6. The molecule has 0 saturated carbocycles. The van der Waals surface area contributed by atoms with Crippen molar-refractivity contribution < 1.29 is 18.4 Å². The number of nitrogens with one attached hydrogen (secondary N) is 2. The van der Waals surface area contributed by atoms with Crippen LogP contribution in [0, 0.1) is 19.7 Å². The molecular formula is C24H21ClFN3O3. The van der Waals surface area contributed by atoms with E-state index in [0.29, 0.717) is 46.2 Å². The molecule has 0 spiro atoms. The number of fused-ring (bicyclic) bond motifs is 1. The van der Waals surface area contributed by atoms with Gasteiger partial charge in [0, 0.05) is 28.3 Å². The van der Waals surface area contributed by atoms with Gasteiger partial charge in [-0.1, -0.05) is 23.7 Å². The van der Waals surface area contributed by atoms with E-state index in [1.165, 1.54) is 18.2 Å². The summed E-state index contributed by atoms with van der Waals surface area (Å²) < 4.78 is 19.7. The Kier molecular flexibility index (Phi) is 6.10. The summed E-state index contributed by atoms with van der Waals surface area (Å²) in [7, 11) is 0. The van der Waals surface area contributed by atoms with E-state index in [9.17, 15) is 14.0 Å². The number of halogens is 2. The van der Waals surface area contributed by atoms with Gasteiger partial charge in [0.1, 0.15) is 11.6 Å². The highest BCUT2D eigenvalue weighted by Gasteiger charge is 2.28. The first-order valence-electron chi connectivity index (χ1n) is 10.2. The molecule has 2 amide bonds. The van der Waals surface area contributed by atoms with Crippen LogP contribution >= 0.6 is 11.6 Å². The average Bonchev–Trinajstić information content (AvgIpc) is 3.11. The molecule has 0 saturated heterocycles. The third-order valence-electron chi connectivity index (χ3n) is 5.38. The molecular weight excluding hydrogens is 433 g/mol. The van der Waals surface area contributed by atoms with Crippen LogP contribution < -0.4 is 10.7 Å². The second-order valence-corrected chi connectivity index (χ2v) is 8.04. The van der Waals surface area contributed by atoms with E-state index in [2.05, 4.69) is 15.8 Å². The SMILES string of the molecule is Cc1cc(Cl)ccc1NC(=O)c1oc2c(c1C)/C(=N/NC(=O)c1ccccc1F)CCC2. The topological polar surface area (TPSA) is 83.7 Å². The first-order valence-corrected chi connectivity index (χ1v) is 10.5. The van der Waals surface area contributed by atoms with Gasteiger partial charge in [0.25, 0.3) is 11.8 Å². The van der Waals surface area contributed by atoms with E-state index in [1.807, 2.05) is 6.92 Å². The molecule has 1 aliphatic carbocycles. The quantitative estimate of drug-likeness (QED) is 0.518. The van der Waals surface area contributed by atoms with E-state index in [1.54, 1.807) is 31.2 Å². The summed E-state index contributed by atoms with van der Waals surface area (Å²) in [6, 6.07) is 10.9. The number of hydrogen-bond donors (Lipinski definition) is 2. The Bertz CT molecular complexity index is 1250. The van der Waals surface area contributed by atoms with Crippen LogP contribution in [0.4, 0.5) is 10.1 Å². The predicted octanol–water partition coefficient (Wildman–Crippen LogP) is 5.41. The van der Waals surface area contributed by atoms with Gasteiger partial charge in [0.2, 0.25) is 0 Å². The number of rotatable bonds is 4. The minimum Gasteiger partial charge on any atom is -0.455 e. The van der Waals surface area contributed by atoms with Crippen molar-refractivity contribution in [3.05, 3.63) is 87.1 Å². The molecule has 0 aliphatic heterocycles. The predicted molar refractivity (Wildman–Crippen MR) is 121 cm³/mol. The summed E-state index contributed by atoms with van der Waals surface area (Å²) in [6.07, 6.45) is 2.01. The number of benzene rings is 2. The van der Waals surface area contributed by atoms with Gasteiger partial charge < -0.3 is 9.73 Å². The summed E-state index contributed by atoms with van der Waals surface area (Å²) >= 11 is 5.98. The van der Waals surface area contributed by atoms with Crippen molar-refractivity contribution >= 4 is 34.8 Å². The number of amides is 2. The van der Waals surface area contributed by atoms with Crippen molar-refractivity contribution in [2.24, 2.45) is 5.10 Å². The molecule has 8 heteroatoms. The fraction of sp³-hybridized carbons (Fsp3) is 0.208. The highest BCUT2D eigenvalue weighted by atomic mass is 35.5. The number of anilines is 1. The Balaban J connectivity index is 1.58. The molecule has 1 aromatic heterocycles. The third kappa shape index (κ3) is 4.29. The van der Waals surface area contributed by atoms with E-state index in [-0.39, 0.29) is 17.2 Å². The van der Waals surface area contributed by atoms with Gasteiger partial charge in [-0.2, -0.15) is 5.10 Å². The van der Waals surface area contributed by atoms with Crippen molar-refractivity contribution in [1.82, 2.24) is 5.43 Å². The second-order valence-electron chi connectivity index (χ2n) is 7.60. The highest BCUT2D eigenvalue weighted by Crippen LogP contribution is 2.31. The van der Waals surface area contributed by atoms with Crippen LogP contribution in [-0.4, -0.2) is 17.5 Å². The van der Waals surface area contributed by atoms with Crippen LogP contribution in [0.15, 0.2) is 52.0 Å². The standard InChI is InChI=1S/C24H21ClFN3O3/c1-13-12-15(25)10-11-18(13)27-24(31)22-14(2)21-19(8-5-9-20(21)32-22)28-29-23(30)16-6-3-4-7-17(16)26/h3-4,6-7,10-12H,5,8-9H2,1-2H3,(H,27,31)(H,29,30)/b28-19+. The van der Waals surface area contributed by atoms with Crippen LogP contribution in [0.5, 0.6) is 0 Å². The van der Waals surface area contributed by atoms with Crippen molar-refractivity contribution in [1.29, 1.82) is 0 Å². The molecule has 0 bridgehead atoms. The molecule has 2 aromatic carbocycles. The minimum absolute atomic E-state index is 0.0878. The van der Waals surface area contributed by atoms with Crippen LogP contribution in [0.3, 0.4) is 0 Å². The van der Waals surface area contributed by atoms with E-state index in [4.69, 9.17) is 16.0 Å². The monoisotopic (exact) mass is 453 g/mol. The smallest absolute Gasteiger partial charge is 0.291 e. The lowest BCUT2D eigenvalue weighted by atomic mass is 9.93. The number of carbonyl (C=O) groups excluding carboxylic acids is 2. The fourth-order valence-corrected chi connectivity index (χ4v) is 3.99. The lowest BCUT2D eigenvalue weighted by molar-refractivity contribution is 0.0949. The summed E-state index contributed by atoms with van der Waals surface area (Å²) in [4.78, 5) is 25.2. The summed E-state index contributed by atoms with van der Waals surface area (Å²) in [5, 5.41) is 7.67. The van der Waals surface area contributed by atoms with Gasteiger partial charge in [0.05, 0.1) is 11.3 Å². The van der Waals surface area contributed by atoms with Crippen LogP contribution in [0.1, 0.15) is 56.2 Å². The molecule has 3 aromatic rings. The maximum atomic E-state index is 13.9. The number of carbonyl (C=O) groups is 2. The normalized spacial score (nSPS) is 14.2. The van der Waals surface area contributed by atoms with Gasteiger partial charge in [-0.15, -0.1) is 0 Å². The highest BCUT2D eigenvalue weighted by molar-refractivity contribution is 6.30. The number of furan rings is 1. The maximum absolute atomic E-state index is 13.9. The van der Waals surface area contributed by atoms with E-state index < -0.39 is 11.7 Å². The van der Waals surface area contributed by atoms with Crippen molar-refractivity contribution in [2.75, 3.05) is 5.32 Å². The van der Waals surface area contributed by atoms with Crippen LogP contribution in [0.25, 0.3) is 0 Å². The maximum Gasteiger partial charge on any atom is 0.291 e.